The van der Waals surface area contributed by atoms with Crippen molar-refractivity contribution in [1.82, 2.24) is 0 Å². The SMILES string of the molecule is Cc1ccc(Cl)cc1NC(C)(C)CO. The van der Waals surface area contributed by atoms with Gasteiger partial charge in [-0.1, -0.05) is 17.7 Å². The van der Waals surface area contributed by atoms with Gasteiger partial charge in [0.25, 0.3) is 0 Å². The Morgan fingerprint density at radius 2 is 2.07 bits per heavy atom. The number of rotatable bonds is 3. The topological polar surface area (TPSA) is 32.3 Å². The van der Waals surface area contributed by atoms with Crippen molar-refractivity contribution in [3.05, 3.63) is 28.8 Å². The van der Waals surface area contributed by atoms with Crippen LogP contribution in [0.1, 0.15) is 19.4 Å². The van der Waals surface area contributed by atoms with Crippen molar-refractivity contribution >= 4 is 17.3 Å². The first-order valence-electron chi connectivity index (χ1n) is 4.60. The molecule has 0 atom stereocenters. The van der Waals surface area contributed by atoms with E-state index in [1.165, 1.54) is 0 Å². The summed E-state index contributed by atoms with van der Waals surface area (Å²) >= 11 is 5.89. The van der Waals surface area contributed by atoms with Crippen molar-refractivity contribution in [2.24, 2.45) is 0 Å². The first-order chi connectivity index (χ1) is 6.44. The average Bonchev–Trinajstić information content (AvgIpc) is 2.11. The Balaban J connectivity index is 2.91. The van der Waals surface area contributed by atoms with Crippen LogP contribution in [-0.2, 0) is 0 Å². The fourth-order valence-electron chi connectivity index (χ4n) is 1.13. The lowest BCUT2D eigenvalue weighted by Crippen LogP contribution is -2.35. The molecule has 0 unspecified atom stereocenters. The van der Waals surface area contributed by atoms with Gasteiger partial charge in [-0.3, -0.25) is 0 Å². The minimum Gasteiger partial charge on any atom is -0.394 e. The molecule has 2 N–H and O–H groups in total. The Morgan fingerprint density at radius 1 is 1.43 bits per heavy atom. The average molecular weight is 214 g/mol. The molecule has 0 aliphatic rings. The molecule has 1 aromatic rings. The van der Waals surface area contributed by atoms with Gasteiger partial charge in [-0.15, -0.1) is 0 Å². The van der Waals surface area contributed by atoms with Gasteiger partial charge in [-0.25, -0.2) is 0 Å². The second-order valence-corrected chi connectivity index (χ2v) is 4.56. The molecule has 3 heteroatoms. The molecule has 14 heavy (non-hydrogen) atoms. The number of nitrogens with one attached hydrogen (secondary N) is 1. The summed E-state index contributed by atoms with van der Waals surface area (Å²) in [6.07, 6.45) is 0. The maximum Gasteiger partial charge on any atom is 0.0656 e. The second kappa shape index (κ2) is 4.20. The van der Waals surface area contributed by atoms with Crippen LogP contribution in [0.25, 0.3) is 0 Å². The lowest BCUT2D eigenvalue weighted by atomic mass is 10.1. The summed E-state index contributed by atoms with van der Waals surface area (Å²) < 4.78 is 0. The first kappa shape index (κ1) is 11.3. The van der Waals surface area contributed by atoms with Gasteiger partial charge in [0.1, 0.15) is 0 Å². The molecule has 0 aliphatic carbocycles. The third-order valence-electron chi connectivity index (χ3n) is 2.07. The Bertz CT molecular complexity index is 323. The van der Waals surface area contributed by atoms with E-state index in [0.717, 1.165) is 11.3 Å². The van der Waals surface area contributed by atoms with Crippen LogP contribution in [0, 0.1) is 6.92 Å². The van der Waals surface area contributed by atoms with Crippen LogP contribution in [0.15, 0.2) is 18.2 Å². The number of hydrogen-bond acceptors (Lipinski definition) is 2. The van der Waals surface area contributed by atoms with E-state index in [1.54, 1.807) is 0 Å². The van der Waals surface area contributed by atoms with E-state index in [2.05, 4.69) is 5.32 Å². The van der Waals surface area contributed by atoms with E-state index in [4.69, 9.17) is 16.7 Å². The van der Waals surface area contributed by atoms with Gasteiger partial charge in [0.05, 0.1) is 12.1 Å². The summed E-state index contributed by atoms with van der Waals surface area (Å²) in [5.74, 6) is 0. The molecular formula is C11H16ClNO. The zero-order valence-electron chi connectivity index (χ0n) is 8.76. The van der Waals surface area contributed by atoms with Crippen molar-refractivity contribution in [2.75, 3.05) is 11.9 Å². The highest BCUT2D eigenvalue weighted by atomic mass is 35.5. The molecule has 2 nitrogen and oxygen atoms in total. The molecule has 0 bridgehead atoms. The number of aryl methyl sites for hydroxylation is 1. The highest BCUT2D eigenvalue weighted by Crippen LogP contribution is 2.23. The molecule has 0 spiro atoms. The highest BCUT2D eigenvalue weighted by Gasteiger charge is 2.16. The van der Waals surface area contributed by atoms with E-state index >= 15 is 0 Å². The molecule has 0 fully saturated rings. The maximum absolute atomic E-state index is 9.12. The monoisotopic (exact) mass is 213 g/mol. The first-order valence-corrected chi connectivity index (χ1v) is 4.97. The third-order valence-corrected chi connectivity index (χ3v) is 2.30. The van der Waals surface area contributed by atoms with Crippen molar-refractivity contribution < 1.29 is 5.11 Å². The number of aliphatic hydroxyl groups is 1. The Kier molecular flexibility index (Phi) is 3.40. The predicted molar refractivity (Wildman–Crippen MR) is 61.0 cm³/mol. The van der Waals surface area contributed by atoms with Gasteiger partial charge >= 0.3 is 0 Å². The van der Waals surface area contributed by atoms with Gasteiger partial charge in [-0.2, -0.15) is 0 Å². The van der Waals surface area contributed by atoms with Crippen LogP contribution < -0.4 is 5.32 Å². The van der Waals surface area contributed by atoms with E-state index in [9.17, 15) is 0 Å². The lowest BCUT2D eigenvalue weighted by Gasteiger charge is -2.26. The molecule has 0 heterocycles. The van der Waals surface area contributed by atoms with E-state index in [1.807, 2.05) is 39.0 Å². The fraction of sp³-hybridized carbons (Fsp3) is 0.455. The summed E-state index contributed by atoms with van der Waals surface area (Å²) in [4.78, 5) is 0. The molecular weight excluding hydrogens is 198 g/mol. The van der Waals surface area contributed by atoms with E-state index in [-0.39, 0.29) is 12.1 Å². The molecule has 1 aromatic carbocycles. The molecule has 0 saturated heterocycles. The van der Waals surface area contributed by atoms with Crippen LogP contribution in [0.5, 0.6) is 0 Å². The normalized spacial score (nSPS) is 11.5. The van der Waals surface area contributed by atoms with Gasteiger partial charge in [-0.05, 0) is 38.5 Å². The van der Waals surface area contributed by atoms with Crippen LogP contribution in [0.4, 0.5) is 5.69 Å². The smallest absolute Gasteiger partial charge is 0.0656 e. The molecule has 0 amide bonds. The highest BCUT2D eigenvalue weighted by molar-refractivity contribution is 6.30. The van der Waals surface area contributed by atoms with E-state index < -0.39 is 0 Å². The van der Waals surface area contributed by atoms with Gasteiger partial charge in [0, 0.05) is 10.7 Å². The Morgan fingerprint density at radius 3 is 2.64 bits per heavy atom. The molecule has 78 valence electrons. The van der Waals surface area contributed by atoms with Gasteiger partial charge in [0.2, 0.25) is 0 Å². The second-order valence-electron chi connectivity index (χ2n) is 4.13. The van der Waals surface area contributed by atoms with Crippen molar-refractivity contribution in [3.8, 4) is 0 Å². The fourth-order valence-corrected chi connectivity index (χ4v) is 1.31. The van der Waals surface area contributed by atoms with Crippen molar-refractivity contribution in [3.63, 3.8) is 0 Å². The zero-order valence-corrected chi connectivity index (χ0v) is 9.52. The minimum absolute atomic E-state index is 0.0823. The minimum atomic E-state index is -0.324. The molecule has 0 saturated carbocycles. The summed E-state index contributed by atoms with van der Waals surface area (Å²) in [6, 6.07) is 5.68. The molecule has 0 aliphatic heterocycles. The van der Waals surface area contributed by atoms with E-state index in [0.29, 0.717) is 5.02 Å². The number of aliphatic hydroxyl groups excluding tert-OH is 1. The lowest BCUT2D eigenvalue weighted by molar-refractivity contribution is 0.234. The Hall–Kier alpha value is -0.730. The third kappa shape index (κ3) is 2.89. The van der Waals surface area contributed by atoms with Gasteiger partial charge < -0.3 is 10.4 Å². The Labute approximate surface area is 89.9 Å². The maximum atomic E-state index is 9.12. The predicted octanol–water partition coefficient (Wildman–Crippen LogP) is 2.83. The largest absolute Gasteiger partial charge is 0.394 e. The van der Waals surface area contributed by atoms with Crippen LogP contribution in [0.3, 0.4) is 0 Å². The van der Waals surface area contributed by atoms with Crippen molar-refractivity contribution in [1.29, 1.82) is 0 Å². The number of benzene rings is 1. The summed E-state index contributed by atoms with van der Waals surface area (Å²) in [5, 5.41) is 13.1. The zero-order chi connectivity index (χ0) is 10.8. The van der Waals surface area contributed by atoms with Gasteiger partial charge in [0.15, 0.2) is 0 Å². The van der Waals surface area contributed by atoms with Crippen molar-refractivity contribution in [2.45, 2.75) is 26.3 Å². The summed E-state index contributed by atoms with van der Waals surface area (Å²) in [5.41, 5.74) is 1.77. The number of anilines is 1. The molecule has 0 radical (unpaired) electrons. The number of hydrogen-bond donors (Lipinski definition) is 2. The quantitative estimate of drug-likeness (QED) is 0.810. The summed E-state index contributed by atoms with van der Waals surface area (Å²) in [6.45, 7) is 5.96. The summed E-state index contributed by atoms with van der Waals surface area (Å²) in [7, 11) is 0. The standard InChI is InChI=1S/C11H16ClNO/c1-8-4-5-9(12)6-10(8)13-11(2,3)7-14/h4-6,13-14H,7H2,1-3H3. The van der Waals surface area contributed by atoms with Crippen LogP contribution in [0.2, 0.25) is 5.02 Å². The van der Waals surface area contributed by atoms with Crippen LogP contribution >= 0.6 is 11.6 Å². The molecule has 0 aromatic heterocycles. The molecule has 1 rings (SSSR count). The van der Waals surface area contributed by atoms with Crippen LogP contribution in [-0.4, -0.2) is 17.3 Å². The number of halogens is 1.